The monoisotopic (exact) mass is 466 g/mol. The highest BCUT2D eigenvalue weighted by Gasteiger charge is 2.41. The van der Waals surface area contributed by atoms with Gasteiger partial charge in [0.25, 0.3) is 5.69 Å². The summed E-state index contributed by atoms with van der Waals surface area (Å²) in [6.07, 6.45) is 0.889. The van der Waals surface area contributed by atoms with Crippen molar-refractivity contribution in [2.24, 2.45) is 0 Å². The number of Topliss-reactive ketones (excluding diaryl/α,β-unsaturated/α-hetero) is 1. The Morgan fingerprint density at radius 2 is 1.76 bits per heavy atom. The van der Waals surface area contributed by atoms with Gasteiger partial charge in [-0.2, -0.15) is 0 Å². The van der Waals surface area contributed by atoms with Gasteiger partial charge in [0.15, 0.2) is 5.78 Å². The zero-order valence-electron chi connectivity index (χ0n) is 18.3. The molecule has 7 nitrogen and oxygen atoms in total. The van der Waals surface area contributed by atoms with Crippen LogP contribution in [0.2, 0.25) is 5.02 Å². The molecule has 1 aliphatic heterocycles. The summed E-state index contributed by atoms with van der Waals surface area (Å²) in [6, 6.07) is 13.4. The van der Waals surface area contributed by atoms with Crippen molar-refractivity contribution >= 4 is 29.0 Å². The van der Waals surface area contributed by atoms with E-state index in [1.54, 1.807) is 26.0 Å². The molecule has 33 heavy (non-hydrogen) atoms. The van der Waals surface area contributed by atoms with Crippen molar-refractivity contribution in [1.29, 1.82) is 0 Å². The molecule has 0 saturated carbocycles. The van der Waals surface area contributed by atoms with Crippen LogP contribution in [0, 0.1) is 10.1 Å². The molecule has 0 unspecified atom stereocenters. The lowest BCUT2D eigenvalue weighted by Gasteiger charge is -2.36. The molecule has 2 aliphatic rings. The van der Waals surface area contributed by atoms with Gasteiger partial charge >= 0.3 is 5.97 Å². The van der Waals surface area contributed by atoms with E-state index in [4.69, 9.17) is 16.3 Å². The van der Waals surface area contributed by atoms with Crippen LogP contribution < -0.4 is 5.32 Å². The lowest BCUT2D eigenvalue weighted by molar-refractivity contribution is -0.384. The highest BCUT2D eigenvalue weighted by Crippen LogP contribution is 2.46. The second kappa shape index (κ2) is 9.19. The Morgan fingerprint density at radius 3 is 2.36 bits per heavy atom. The van der Waals surface area contributed by atoms with E-state index in [1.807, 2.05) is 24.3 Å². The number of non-ortho nitro benzene ring substituents is 1. The molecular weight excluding hydrogens is 444 g/mol. The summed E-state index contributed by atoms with van der Waals surface area (Å²) in [5, 5.41) is 15.0. The summed E-state index contributed by atoms with van der Waals surface area (Å²) in [5.41, 5.74) is 3.84. The van der Waals surface area contributed by atoms with Gasteiger partial charge in [0, 0.05) is 46.5 Å². The number of nitrogens with one attached hydrogen (secondary N) is 1. The predicted molar refractivity (Wildman–Crippen MR) is 124 cm³/mol. The van der Waals surface area contributed by atoms with Gasteiger partial charge in [-0.15, -0.1) is 0 Å². The Hall–Kier alpha value is -3.45. The van der Waals surface area contributed by atoms with Crippen molar-refractivity contribution in [2.75, 3.05) is 6.61 Å². The molecule has 1 N–H and O–H groups in total. The van der Waals surface area contributed by atoms with Crippen LogP contribution in [-0.2, 0) is 14.3 Å². The molecule has 1 aliphatic carbocycles. The maximum atomic E-state index is 13.5. The van der Waals surface area contributed by atoms with Gasteiger partial charge in [-0.1, -0.05) is 35.9 Å². The molecule has 0 radical (unpaired) electrons. The van der Waals surface area contributed by atoms with E-state index < -0.39 is 16.8 Å². The zero-order chi connectivity index (χ0) is 23.7. The van der Waals surface area contributed by atoms with Crippen LogP contribution in [0.15, 0.2) is 71.1 Å². The molecular formula is C25H23ClN2O5. The third-order valence-corrected chi connectivity index (χ3v) is 6.35. The smallest absolute Gasteiger partial charge is 0.336 e. The van der Waals surface area contributed by atoms with Crippen molar-refractivity contribution in [3.63, 3.8) is 0 Å². The van der Waals surface area contributed by atoms with E-state index >= 15 is 0 Å². The maximum Gasteiger partial charge on any atom is 0.336 e. The first-order chi connectivity index (χ1) is 15.8. The number of nitro groups is 1. The number of hydrogen-bond donors (Lipinski definition) is 1. The number of esters is 1. The molecule has 1 heterocycles. The normalized spacial score (nSPS) is 20.3. The van der Waals surface area contributed by atoms with Crippen molar-refractivity contribution in [3.8, 4) is 0 Å². The van der Waals surface area contributed by atoms with Crippen LogP contribution in [0.3, 0.4) is 0 Å². The highest BCUT2D eigenvalue weighted by atomic mass is 35.5. The Kier molecular flexibility index (Phi) is 6.33. The lowest BCUT2D eigenvalue weighted by atomic mass is 9.71. The van der Waals surface area contributed by atoms with E-state index in [-0.39, 0.29) is 24.0 Å². The van der Waals surface area contributed by atoms with Gasteiger partial charge < -0.3 is 10.1 Å². The van der Waals surface area contributed by atoms with E-state index in [1.165, 1.54) is 12.1 Å². The van der Waals surface area contributed by atoms with Crippen molar-refractivity contribution in [1.82, 2.24) is 5.32 Å². The first kappa shape index (κ1) is 22.7. The highest BCUT2D eigenvalue weighted by molar-refractivity contribution is 6.30. The Balaban J connectivity index is 1.79. The minimum atomic E-state index is -0.653. The number of dihydropyridines is 1. The van der Waals surface area contributed by atoms with E-state index in [2.05, 4.69) is 5.32 Å². The molecule has 0 bridgehead atoms. The molecule has 2 aromatic rings. The number of nitrogens with zero attached hydrogens (tertiary/aromatic N) is 1. The third-order valence-electron chi connectivity index (χ3n) is 6.10. The van der Waals surface area contributed by atoms with Gasteiger partial charge in [0.2, 0.25) is 0 Å². The lowest BCUT2D eigenvalue weighted by Crippen LogP contribution is -2.36. The van der Waals surface area contributed by atoms with Crippen LogP contribution in [0.1, 0.15) is 49.7 Å². The Bertz CT molecular complexity index is 1180. The number of ketones is 1. The first-order valence-corrected chi connectivity index (χ1v) is 11.1. The fraction of sp³-hybridized carbons (Fsp3) is 0.280. The van der Waals surface area contributed by atoms with Gasteiger partial charge in [-0.25, -0.2) is 4.79 Å². The van der Waals surface area contributed by atoms with Crippen LogP contribution >= 0.6 is 11.6 Å². The fourth-order valence-electron chi connectivity index (χ4n) is 4.61. The number of hydrogen-bond acceptors (Lipinski definition) is 6. The number of halogens is 1. The maximum absolute atomic E-state index is 13.5. The second-order valence-corrected chi connectivity index (χ2v) is 8.57. The third kappa shape index (κ3) is 4.41. The SMILES string of the molecule is CCOC(=O)C1=C(C)NC2=C(C(=O)C[C@H](c3ccc(Cl)cc3)C2)[C@@H]1c1ccc([N+](=O)[O-])cc1. The molecule has 8 heteroatoms. The molecule has 2 atom stereocenters. The van der Waals surface area contributed by atoms with Gasteiger partial charge in [0.1, 0.15) is 0 Å². The minimum absolute atomic E-state index is 0.0181. The molecule has 2 aromatic carbocycles. The van der Waals surface area contributed by atoms with Crippen molar-refractivity contribution in [2.45, 2.75) is 38.5 Å². The van der Waals surface area contributed by atoms with Crippen molar-refractivity contribution in [3.05, 3.63) is 97.3 Å². The molecule has 0 fully saturated rings. The van der Waals surface area contributed by atoms with Gasteiger partial charge in [-0.05, 0) is 49.4 Å². The van der Waals surface area contributed by atoms with Gasteiger partial charge in [-0.3, -0.25) is 14.9 Å². The van der Waals surface area contributed by atoms with Crippen molar-refractivity contribution < 1.29 is 19.2 Å². The summed E-state index contributed by atoms with van der Waals surface area (Å²) < 4.78 is 5.29. The number of benzene rings is 2. The number of ether oxygens (including phenoxy) is 1. The van der Waals surface area contributed by atoms with Crippen LogP contribution in [0.4, 0.5) is 5.69 Å². The molecule has 0 amide bonds. The minimum Gasteiger partial charge on any atom is -0.463 e. The topological polar surface area (TPSA) is 98.5 Å². The number of rotatable bonds is 5. The summed E-state index contributed by atoms with van der Waals surface area (Å²) in [4.78, 5) is 37.0. The van der Waals surface area contributed by atoms with Crippen LogP contribution in [0.5, 0.6) is 0 Å². The van der Waals surface area contributed by atoms with E-state index in [9.17, 15) is 19.7 Å². The number of carbonyl (C=O) groups excluding carboxylic acids is 2. The predicted octanol–water partition coefficient (Wildman–Crippen LogP) is 5.17. The summed E-state index contributed by atoms with van der Waals surface area (Å²) in [7, 11) is 0. The number of nitro benzene ring substituents is 1. The zero-order valence-corrected chi connectivity index (χ0v) is 19.0. The van der Waals surface area contributed by atoms with E-state index in [0.717, 1.165) is 11.3 Å². The Morgan fingerprint density at radius 1 is 1.12 bits per heavy atom. The molecule has 170 valence electrons. The molecule has 0 saturated heterocycles. The second-order valence-electron chi connectivity index (χ2n) is 8.14. The Labute approximate surface area is 196 Å². The molecule has 4 rings (SSSR count). The molecule has 0 spiro atoms. The summed E-state index contributed by atoms with van der Waals surface area (Å²) in [6.45, 7) is 3.70. The first-order valence-electron chi connectivity index (χ1n) is 10.7. The quantitative estimate of drug-likeness (QED) is 0.370. The van der Waals surface area contributed by atoms with Crippen LogP contribution in [-0.4, -0.2) is 23.3 Å². The number of allylic oxidation sites excluding steroid dienone is 3. The van der Waals surface area contributed by atoms with Crippen LogP contribution in [0.25, 0.3) is 0 Å². The summed E-state index contributed by atoms with van der Waals surface area (Å²) in [5.74, 6) is -1.25. The summed E-state index contributed by atoms with van der Waals surface area (Å²) >= 11 is 6.02. The average Bonchev–Trinajstić information content (AvgIpc) is 2.78. The fourth-order valence-corrected chi connectivity index (χ4v) is 4.74. The van der Waals surface area contributed by atoms with E-state index in [0.29, 0.717) is 40.3 Å². The average molecular weight is 467 g/mol. The largest absolute Gasteiger partial charge is 0.463 e. The van der Waals surface area contributed by atoms with Gasteiger partial charge in [0.05, 0.1) is 17.1 Å². The molecule has 0 aromatic heterocycles. The standard InChI is InChI=1S/C25H23ClN2O5/c1-3-33-25(30)22-14(2)27-20-12-17(15-4-8-18(26)9-5-15)13-21(29)24(20)23(22)16-6-10-19(11-7-16)28(31)32/h4-11,17,23,27H,3,12-13H2,1-2H3/t17-,23-/m1/s1. The number of carbonyl (C=O) groups is 2.